The number of nitrogens with one attached hydrogen (secondary N) is 2. The minimum Gasteiger partial charge on any atom is -0.493 e. The lowest BCUT2D eigenvalue weighted by Crippen LogP contribution is -2.44. The second kappa shape index (κ2) is 12.0. The van der Waals surface area contributed by atoms with E-state index >= 15 is 0 Å². The highest BCUT2D eigenvalue weighted by atomic mass is 127. The molecule has 1 aliphatic heterocycles. The van der Waals surface area contributed by atoms with Crippen LogP contribution in [0.25, 0.3) is 0 Å². The molecule has 9 heteroatoms. The number of hydrogen-bond donors (Lipinski definition) is 2. The Morgan fingerprint density at radius 3 is 2.79 bits per heavy atom. The highest BCUT2D eigenvalue weighted by Gasteiger charge is 2.22. The third kappa shape index (κ3) is 6.62. The van der Waals surface area contributed by atoms with Gasteiger partial charge in [-0.3, -0.25) is 0 Å². The van der Waals surface area contributed by atoms with E-state index in [9.17, 15) is 0 Å². The van der Waals surface area contributed by atoms with Crippen LogP contribution in [0.5, 0.6) is 11.5 Å². The third-order valence-electron chi connectivity index (χ3n) is 5.71. The van der Waals surface area contributed by atoms with E-state index in [1.54, 1.807) is 0 Å². The lowest BCUT2D eigenvalue weighted by molar-refractivity contribution is 0.223. The summed E-state index contributed by atoms with van der Waals surface area (Å²) in [7, 11) is 1.95. The molecule has 0 radical (unpaired) electrons. The number of halogens is 1. The van der Waals surface area contributed by atoms with Gasteiger partial charge in [-0.15, -0.1) is 34.2 Å². The second-order valence-electron chi connectivity index (χ2n) is 8.39. The molecule has 4 rings (SSSR count). The van der Waals surface area contributed by atoms with E-state index in [-0.39, 0.29) is 36.1 Å². The van der Waals surface area contributed by atoms with Crippen molar-refractivity contribution < 1.29 is 9.47 Å². The van der Waals surface area contributed by atoms with E-state index in [4.69, 9.17) is 14.5 Å². The third-order valence-corrected chi connectivity index (χ3v) is 5.71. The van der Waals surface area contributed by atoms with Crippen LogP contribution in [0.15, 0.2) is 53.5 Å². The van der Waals surface area contributed by atoms with Gasteiger partial charge in [-0.25, -0.2) is 4.99 Å². The molecule has 0 aliphatic carbocycles. The summed E-state index contributed by atoms with van der Waals surface area (Å²) in [5.41, 5.74) is 2.31. The van der Waals surface area contributed by atoms with Crippen molar-refractivity contribution in [1.82, 2.24) is 25.4 Å². The quantitative estimate of drug-likeness (QED) is 0.251. The molecular formula is C25H33IN6O2. The fourth-order valence-electron chi connectivity index (χ4n) is 3.75. The van der Waals surface area contributed by atoms with Crippen molar-refractivity contribution in [2.45, 2.75) is 45.9 Å². The molecular weight excluding hydrogens is 543 g/mol. The van der Waals surface area contributed by atoms with Crippen molar-refractivity contribution in [3.63, 3.8) is 0 Å². The van der Waals surface area contributed by atoms with Gasteiger partial charge in [0.15, 0.2) is 11.8 Å². The Hall–Kier alpha value is -2.82. The molecule has 182 valence electrons. The maximum absolute atomic E-state index is 6.09. The minimum atomic E-state index is -0.0437. The van der Waals surface area contributed by atoms with Crippen LogP contribution < -0.4 is 20.1 Å². The van der Waals surface area contributed by atoms with Gasteiger partial charge >= 0.3 is 0 Å². The SMILES string of the molecule is Cc1cccc(OC(C)CNC(=NCc2nnc(C)n2C)NC2CCOc3ccccc32)c1.I. The summed E-state index contributed by atoms with van der Waals surface area (Å²) in [5.74, 6) is 4.16. The van der Waals surface area contributed by atoms with Crippen molar-refractivity contribution in [2.24, 2.45) is 12.0 Å². The van der Waals surface area contributed by atoms with Gasteiger partial charge < -0.3 is 24.7 Å². The van der Waals surface area contributed by atoms with Gasteiger partial charge in [0.25, 0.3) is 0 Å². The molecule has 0 spiro atoms. The Balaban J connectivity index is 0.00000324. The molecule has 1 aliphatic rings. The average Bonchev–Trinajstić information content (AvgIpc) is 3.13. The molecule has 8 nitrogen and oxygen atoms in total. The largest absolute Gasteiger partial charge is 0.493 e. The second-order valence-corrected chi connectivity index (χ2v) is 8.39. The first kappa shape index (κ1) is 25.8. The lowest BCUT2D eigenvalue weighted by atomic mass is 10.0. The molecule has 2 heterocycles. The first-order valence-corrected chi connectivity index (χ1v) is 11.3. The lowest BCUT2D eigenvalue weighted by Gasteiger charge is -2.28. The van der Waals surface area contributed by atoms with Crippen molar-refractivity contribution >= 4 is 29.9 Å². The molecule has 2 unspecified atom stereocenters. The van der Waals surface area contributed by atoms with Crippen LogP contribution >= 0.6 is 24.0 Å². The van der Waals surface area contributed by atoms with Crippen LogP contribution in [-0.4, -0.2) is 40.0 Å². The molecule has 0 saturated heterocycles. The predicted molar refractivity (Wildman–Crippen MR) is 144 cm³/mol. The number of aromatic nitrogens is 3. The fraction of sp³-hybridized carbons (Fsp3) is 0.400. The predicted octanol–water partition coefficient (Wildman–Crippen LogP) is 4.08. The van der Waals surface area contributed by atoms with Gasteiger partial charge in [-0.1, -0.05) is 30.3 Å². The standard InChI is InChI=1S/C25H32N6O2.HI/c1-17-8-7-9-20(14-17)33-18(2)15-26-25(27-16-24-30-29-19(3)31(24)4)28-22-12-13-32-23-11-6-5-10-21(22)23;/h5-11,14,18,22H,12-13,15-16H2,1-4H3,(H2,26,27,28);1H. The number of fused-ring (bicyclic) bond motifs is 1. The summed E-state index contributed by atoms with van der Waals surface area (Å²) in [6.45, 7) is 7.72. The molecule has 0 saturated carbocycles. The molecule has 0 bridgehead atoms. The molecule has 0 amide bonds. The number of nitrogens with zero attached hydrogens (tertiary/aromatic N) is 4. The Morgan fingerprint density at radius 1 is 1.21 bits per heavy atom. The van der Waals surface area contributed by atoms with Crippen LogP contribution in [0.1, 0.15) is 42.2 Å². The number of para-hydroxylation sites is 1. The smallest absolute Gasteiger partial charge is 0.192 e. The molecule has 0 fully saturated rings. The summed E-state index contributed by atoms with van der Waals surface area (Å²) >= 11 is 0. The fourth-order valence-corrected chi connectivity index (χ4v) is 3.75. The zero-order valence-electron chi connectivity index (χ0n) is 20.1. The number of aliphatic imine (C=N–C) groups is 1. The molecule has 1 aromatic heterocycles. The van der Waals surface area contributed by atoms with Gasteiger partial charge in [-0.2, -0.15) is 0 Å². The number of benzene rings is 2. The number of hydrogen-bond acceptors (Lipinski definition) is 5. The number of guanidine groups is 1. The Morgan fingerprint density at radius 2 is 2.03 bits per heavy atom. The number of rotatable bonds is 7. The molecule has 2 N–H and O–H groups in total. The highest BCUT2D eigenvalue weighted by Crippen LogP contribution is 2.31. The average molecular weight is 576 g/mol. The van der Waals surface area contributed by atoms with E-state index < -0.39 is 0 Å². The van der Waals surface area contributed by atoms with Crippen LogP contribution in [0.3, 0.4) is 0 Å². The van der Waals surface area contributed by atoms with Gasteiger partial charge in [0, 0.05) is 19.0 Å². The van der Waals surface area contributed by atoms with E-state index in [0.717, 1.165) is 35.1 Å². The monoisotopic (exact) mass is 576 g/mol. The van der Waals surface area contributed by atoms with Crippen molar-refractivity contribution in [1.29, 1.82) is 0 Å². The molecule has 2 aromatic carbocycles. The van der Waals surface area contributed by atoms with Crippen LogP contribution in [-0.2, 0) is 13.6 Å². The van der Waals surface area contributed by atoms with Gasteiger partial charge in [-0.05, 0) is 44.5 Å². The molecule has 3 aromatic rings. The maximum atomic E-state index is 6.09. The summed E-state index contributed by atoms with van der Waals surface area (Å²) in [6.07, 6.45) is 0.814. The van der Waals surface area contributed by atoms with Gasteiger partial charge in [0.1, 0.15) is 30.0 Å². The van der Waals surface area contributed by atoms with Gasteiger partial charge in [0.2, 0.25) is 0 Å². The summed E-state index contributed by atoms with van der Waals surface area (Å²) < 4.78 is 13.9. The maximum Gasteiger partial charge on any atom is 0.192 e. The Labute approximate surface area is 218 Å². The van der Waals surface area contributed by atoms with Crippen LogP contribution in [0.2, 0.25) is 0 Å². The van der Waals surface area contributed by atoms with E-state index in [2.05, 4.69) is 39.9 Å². The van der Waals surface area contributed by atoms with Crippen molar-refractivity contribution in [3.8, 4) is 11.5 Å². The van der Waals surface area contributed by atoms with E-state index in [0.29, 0.717) is 25.7 Å². The van der Waals surface area contributed by atoms with E-state index in [1.165, 1.54) is 5.56 Å². The topological polar surface area (TPSA) is 85.6 Å². The zero-order valence-corrected chi connectivity index (χ0v) is 22.4. The Bertz CT molecular complexity index is 1120. The summed E-state index contributed by atoms with van der Waals surface area (Å²) in [4.78, 5) is 4.80. The Kier molecular flexibility index (Phi) is 9.14. The van der Waals surface area contributed by atoms with Crippen molar-refractivity contribution in [3.05, 3.63) is 71.3 Å². The summed E-state index contributed by atoms with van der Waals surface area (Å²) in [5, 5.41) is 15.4. The van der Waals surface area contributed by atoms with E-state index in [1.807, 2.05) is 61.9 Å². The highest BCUT2D eigenvalue weighted by molar-refractivity contribution is 14.0. The van der Waals surface area contributed by atoms with Crippen LogP contribution in [0.4, 0.5) is 0 Å². The minimum absolute atomic E-state index is 0. The molecule has 34 heavy (non-hydrogen) atoms. The van der Waals surface area contributed by atoms with Crippen LogP contribution in [0, 0.1) is 13.8 Å². The summed E-state index contributed by atoms with van der Waals surface area (Å²) in [6, 6.07) is 16.3. The molecule has 2 atom stereocenters. The first-order chi connectivity index (χ1) is 16.0. The number of ether oxygens (including phenoxy) is 2. The normalized spacial score (nSPS) is 16.0. The van der Waals surface area contributed by atoms with Crippen molar-refractivity contribution in [2.75, 3.05) is 13.2 Å². The van der Waals surface area contributed by atoms with Gasteiger partial charge in [0.05, 0.1) is 19.2 Å². The number of aryl methyl sites for hydroxylation is 2. The zero-order chi connectivity index (χ0) is 23.2. The first-order valence-electron chi connectivity index (χ1n) is 11.3.